The van der Waals surface area contributed by atoms with E-state index in [0.717, 1.165) is 6.42 Å². The molecule has 0 aliphatic heterocycles. The van der Waals surface area contributed by atoms with E-state index >= 15 is 0 Å². The summed E-state index contributed by atoms with van der Waals surface area (Å²) in [6, 6.07) is 0. The lowest BCUT2D eigenvalue weighted by Crippen LogP contribution is -2.43. The fraction of sp³-hybridized carbons (Fsp3) is 0.818. The summed E-state index contributed by atoms with van der Waals surface area (Å²) in [5, 5.41) is 0. The fourth-order valence-electron chi connectivity index (χ4n) is 2.96. The van der Waals surface area contributed by atoms with Crippen molar-refractivity contribution in [3.8, 4) is 0 Å². The van der Waals surface area contributed by atoms with Gasteiger partial charge in [0.15, 0.2) is 0 Å². The molecule has 2 nitrogen and oxygen atoms in total. The number of carbonyl (C=O) groups excluding carboxylic acids is 2. The minimum atomic E-state index is -0.225. The number of hydrogen-bond donors (Lipinski definition) is 0. The first-order valence-corrected chi connectivity index (χ1v) is 5.15. The third-order valence-electron chi connectivity index (χ3n) is 3.79. The lowest BCUT2D eigenvalue weighted by atomic mass is 9.62. The van der Waals surface area contributed by atoms with Gasteiger partial charge in [0, 0.05) is 12.8 Å². The highest BCUT2D eigenvalue weighted by Crippen LogP contribution is 2.42. The maximum absolute atomic E-state index is 11.5. The van der Waals surface area contributed by atoms with Crippen molar-refractivity contribution in [2.24, 2.45) is 23.7 Å². The maximum Gasteiger partial charge on any atom is 0.143 e. The molecule has 2 heteroatoms. The Hall–Kier alpha value is -0.660. The molecule has 0 spiro atoms. The summed E-state index contributed by atoms with van der Waals surface area (Å²) >= 11 is 0. The third kappa shape index (κ3) is 1.32. The second-order valence-electron chi connectivity index (χ2n) is 4.75. The van der Waals surface area contributed by atoms with Crippen molar-refractivity contribution in [3.05, 3.63) is 0 Å². The largest absolute Gasteiger partial charge is 0.299 e. The first-order chi connectivity index (χ1) is 6.09. The van der Waals surface area contributed by atoms with E-state index in [0.29, 0.717) is 30.6 Å². The minimum absolute atomic E-state index is 0.195. The molecule has 72 valence electrons. The fourth-order valence-corrected chi connectivity index (χ4v) is 2.96. The molecule has 0 radical (unpaired) electrons. The number of fused-ring (bicyclic) bond motifs is 2. The molecule has 0 aromatic heterocycles. The highest BCUT2D eigenvalue weighted by molar-refractivity contribution is 6.03. The second kappa shape index (κ2) is 2.93. The monoisotopic (exact) mass is 180 g/mol. The molecular formula is C11H16O2. The zero-order valence-electron chi connectivity index (χ0n) is 8.25. The third-order valence-corrected chi connectivity index (χ3v) is 3.79. The van der Waals surface area contributed by atoms with Gasteiger partial charge < -0.3 is 0 Å². The minimum Gasteiger partial charge on any atom is -0.299 e. The quantitative estimate of drug-likeness (QED) is 0.533. The Morgan fingerprint density at radius 3 is 1.92 bits per heavy atom. The zero-order chi connectivity index (χ0) is 9.59. The molecule has 2 rings (SSSR count). The van der Waals surface area contributed by atoms with E-state index < -0.39 is 0 Å². The van der Waals surface area contributed by atoms with E-state index in [1.165, 1.54) is 0 Å². The van der Waals surface area contributed by atoms with E-state index in [1.807, 2.05) is 0 Å². The van der Waals surface area contributed by atoms with E-state index in [2.05, 4.69) is 13.8 Å². The molecule has 0 N–H and O–H groups in total. The molecule has 0 amide bonds. The molecule has 0 saturated heterocycles. The standard InChI is InChI=1S/C11H16O2/c1-6-3-10(12)9-5-8(6)7(2)4-11(9)13/h6-9H,3-5H2,1-2H3/t6-,7+,8?,9?. The van der Waals surface area contributed by atoms with Gasteiger partial charge in [0.1, 0.15) is 11.6 Å². The summed E-state index contributed by atoms with van der Waals surface area (Å²) in [4.78, 5) is 23.0. The topological polar surface area (TPSA) is 34.1 Å². The smallest absolute Gasteiger partial charge is 0.143 e. The number of rotatable bonds is 0. The van der Waals surface area contributed by atoms with Gasteiger partial charge in [-0.05, 0) is 24.2 Å². The van der Waals surface area contributed by atoms with Crippen LogP contribution in [0.4, 0.5) is 0 Å². The van der Waals surface area contributed by atoms with Gasteiger partial charge in [0.2, 0.25) is 0 Å². The summed E-state index contributed by atoms with van der Waals surface area (Å²) in [6.07, 6.45) is 2.09. The van der Waals surface area contributed by atoms with Crippen molar-refractivity contribution < 1.29 is 9.59 Å². The summed E-state index contributed by atoms with van der Waals surface area (Å²) in [6.45, 7) is 4.29. The number of carbonyl (C=O) groups is 2. The van der Waals surface area contributed by atoms with Gasteiger partial charge in [-0.2, -0.15) is 0 Å². The summed E-state index contributed by atoms with van der Waals surface area (Å²) < 4.78 is 0. The Bertz CT molecular complexity index is 233. The van der Waals surface area contributed by atoms with Crippen molar-refractivity contribution in [2.45, 2.75) is 33.1 Å². The Morgan fingerprint density at radius 1 is 1.00 bits per heavy atom. The lowest BCUT2D eigenvalue weighted by Gasteiger charge is -2.40. The highest BCUT2D eigenvalue weighted by atomic mass is 16.2. The van der Waals surface area contributed by atoms with Crippen molar-refractivity contribution in [1.29, 1.82) is 0 Å². The predicted octanol–water partition coefficient (Wildman–Crippen LogP) is 1.83. The lowest BCUT2D eigenvalue weighted by molar-refractivity contribution is -0.141. The Kier molecular flexibility index (Phi) is 2.01. The van der Waals surface area contributed by atoms with Gasteiger partial charge in [0.25, 0.3) is 0 Å². The first-order valence-electron chi connectivity index (χ1n) is 5.15. The van der Waals surface area contributed by atoms with E-state index in [-0.39, 0.29) is 17.5 Å². The van der Waals surface area contributed by atoms with Gasteiger partial charge in [-0.15, -0.1) is 0 Å². The highest BCUT2D eigenvalue weighted by Gasteiger charge is 2.44. The maximum atomic E-state index is 11.5. The summed E-state index contributed by atoms with van der Waals surface area (Å²) in [5.74, 6) is 1.76. The molecule has 0 aromatic rings. The van der Waals surface area contributed by atoms with Crippen LogP contribution in [0.25, 0.3) is 0 Å². The van der Waals surface area contributed by atoms with Crippen LogP contribution in [0.3, 0.4) is 0 Å². The van der Waals surface area contributed by atoms with Crippen LogP contribution in [0, 0.1) is 23.7 Å². The molecular weight excluding hydrogens is 164 g/mol. The zero-order valence-corrected chi connectivity index (χ0v) is 8.25. The molecule has 2 fully saturated rings. The van der Waals surface area contributed by atoms with E-state index in [1.54, 1.807) is 0 Å². The van der Waals surface area contributed by atoms with Crippen molar-refractivity contribution in [3.63, 3.8) is 0 Å². The van der Waals surface area contributed by atoms with Gasteiger partial charge in [-0.3, -0.25) is 9.59 Å². The van der Waals surface area contributed by atoms with Gasteiger partial charge in [-0.25, -0.2) is 0 Å². The first kappa shape index (κ1) is 8.92. The van der Waals surface area contributed by atoms with Crippen LogP contribution in [-0.2, 0) is 9.59 Å². The molecule has 2 saturated carbocycles. The molecule has 2 unspecified atom stereocenters. The van der Waals surface area contributed by atoms with Crippen LogP contribution < -0.4 is 0 Å². The number of Topliss-reactive ketones (excluding diaryl/α,β-unsaturated/α-hetero) is 2. The van der Waals surface area contributed by atoms with Crippen LogP contribution >= 0.6 is 0 Å². The van der Waals surface area contributed by atoms with Crippen LogP contribution in [0.15, 0.2) is 0 Å². The molecule has 0 aromatic carbocycles. The second-order valence-corrected chi connectivity index (χ2v) is 4.75. The van der Waals surface area contributed by atoms with Crippen molar-refractivity contribution >= 4 is 11.6 Å². The molecule has 4 atom stereocenters. The van der Waals surface area contributed by atoms with Crippen molar-refractivity contribution in [1.82, 2.24) is 0 Å². The Morgan fingerprint density at radius 2 is 1.46 bits per heavy atom. The molecule has 0 heterocycles. The molecule has 2 bridgehead atoms. The number of ketones is 2. The molecule has 2 aliphatic carbocycles. The average molecular weight is 180 g/mol. The average Bonchev–Trinajstić information content (AvgIpc) is 2.02. The van der Waals surface area contributed by atoms with Crippen LogP contribution in [0.1, 0.15) is 33.1 Å². The number of hydrogen-bond acceptors (Lipinski definition) is 2. The van der Waals surface area contributed by atoms with Crippen LogP contribution in [0.5, 0.6) is 0 Å². The Labute approximate surface area is 78.7 Å². The predicted molar refractivity (Wildman–Crippen MR) is 49.2 cm³/mol. The normalized spacial score (nSPS) is 45.1. The SMILES string of the molecule is C[C@@H]1CC(=O)C2CC1[C@@H](C)CC2=O. The van der Waals surface area contributed by atoms with Gasteiger partial charge in [0.05, 0.1) is 5.92 Å². The van der Waals surface area contributed by atoms with E-state index in [4.69, 9.17) is 0 Å². The van der Waals surface area contributed by atoms with Crippen molar-refractivity contribution in [2.75, 3.05) is 0 Å². The summed E-state index contributed by atoms with van der Waals surface area (Å²) in [5.41, 5.74) is 0. The molecule has 2 aliphatic rings. The van der Waals surface area contributed by atoms with Crippen LogP contribution in [0.2, 0.25) is 0 Å². The van der Waals surface area contributed by atoms with Gasteiger partial charge >= 0.3 is 0 Å². The van der Waals surface area contributed by atoms with Gasteiger partial charge in [-0.1, -0.05) is 13.8 Å². The summed E-state index contributed by atoms with van der Waals surface area (Å²) in [7, 11) is 0. The molecule has 13 heavy (non-hydrogen) atoms. The Balaban J connectivity index is 2.23. The van der Waals surface area contributed by atoms with Crippen LogP contribution in [-0.4, -0.2) is 11.6 Å². The van der Waals surface area contributed by atoms with E-state index in [9.17, 15) is 9.59 Å².